The summed E-state index contributed by atoms with van der Waals surface area (Å²) in [5, 5.41) is 0. The van der Waals surface area contributed by atoms with E-state index in [0.717, 1.165) is 5.69 Å². The van der Waals surface area contributed by atoms with Crippen molar-refractivity contribution < 1.29 is 9.53 Å². The minimum atomic E-state index is -0.426. The Balaban J connectivity index is 0.000000240. The number of nitrogens with zero attached hydrogens (tertiary/aromatic N) is 1. The molecule has 20 heavy (non-hydrogen) atoms. The van der Waals surface area contributed by atoms with Gasteiger partial charge in [-0.1, -0.05) is 6.58 Å². The van der Waals surface area contributed by atoms with Crippen molar-refractivity contribution >= 4 is 17.3 Å². The standard InChI is InChI=1S/C10H11NO2.C5H6N2/c1-7(2)10(12)13-9-5-3-8(11)4-6-9;6-5-1-3-7-4-2-5/h3-6H,1,11H2,2H3;1-4H,(H2,6,7). The third-order valence-electron chi connectivity index (χ3n) is 2.15. The molecular formula is C15H17N3O2. The van der Waals surface area contributed by atoms with Crippen LogP contribution >= 0.6 is 0 Å². The molecule has 0 atom stereocenters. The van der Waals surface area contributed by atoms with Gasteiger partial charge in [-0.05, 0) is 43.3 Å². The van der Waals surface area contributed by atoms with Gasteiger partial charge in [0.2, 0.25) is 0 Å². The molecule has 1 aromatic carbocycles. The number of ether oxygens (including phenoxy) is 1. The normalized spacial score (nSPS) is 9.05. The molecule has 4 N–H and O–H groups in total. The molecule has 104 valence electrons. The van der Waals surface area contributed by atoms with Crippen molar-refractivity contribution in [2.24, 2.45) is 0 Å². The molecule has 1 aromatic heterocycles. The molecule has 0 aliphatic carbocycles. The van der Waals surface area contributed by atoms with E-state index in [1.807, 2.05) is 0 Å². The second-order valence-electron chi connectivity index (χ2n) is 4.02. The fourth-order valence-electron chi connectivity index (χ4n) is 1.09. The van der Waals surface area contributed by atoms with Crippen LogP contribution in [-0.2, 0) is 4.79 Å². The number of hydrogen-bond donors (Lipinski definition) is 2. The number of pyridine rings is 1. The highest BCUT2D eigenvalue weighted by Gasteiger charge is 2.03. The third kappa shape index (κ3) is 5.68. The summed E-state index contributed by atoms with van der Waals surface area (Å²) in [5.74, 6) is 0.0481. The Bertz CT molecular complexity index is 565. The molecule has 2 aromatic rings. The van der Waals surface area contributed by atoms with Gasteiger partial charge in [0.1, 0.15) is 5.75 Å². The van der Waals surface area contributed by atoms with Gasteiger partial charge < -0.3 is 16.2 Å². The summed E-state index contributed by atoms with van der Waals surface area (Å²) in [6, 6.07) is 10.1. The van der Waals surface area contributed by atoms with Crippen molar-refractivity contribution in [3.63, 3.8) is 0 Å². The molecule has 0 aliphatic rings. The summed E-state index contributed by atoms with van der Waals surface area (Å²) in [6.45, 7) is 5.07. The smallest absolute Gasteiger partial charge is 0.338 e. The van der Waals surface area contributed by atoms with Crippen LogP contribution in [0.4, 0.5) is 11.4 Å². The Labute approximate surface area is 117 Å². The zero-order valence-electron chi connectivity index (χ0n) is 11.2. The van der Waals surface area contributed by atoms with Crippen molar-refractivity contribution in [1.82, 2.24) is 4.98 Å². The lowest BCUT2D eigenvalue weighted by atomic mass is 10.3. The quantitative estimate of drug-likeness (QED) is 0.379. The average Bonchev–Trinajstić information content (AvgIpc) is 2.43. The molecule has 5 heteroatoms. The van der Waals surface area contributed by atoms with E-state index in [1.165, 1.54) is 0 Å². The van der Waals surface area contributed by atoms with Crippen molar-refractivity contribution in [1.29, 1.82) is 0 Å². The van der Waals surface area contributed by atoms with E-state index in [0.29, 0.717) is 17.0 Å². The number of nitrogens with two attached hydrogens (primary N) is 2. The van der Waals surface area contributed by atoms with E-state index in [-0.39, 0.29) is 0 Å². The van der Waals surface area contributed by atoms with Crippen LogP contribution < -0.4 is 16.2 Å². The molecule has 0 spiro atoms. The van der Waals surface area contributed by atoms with Gasteiger partial charge in [0.25, 0.3) is 0 Å². The predicted molar refractivity (Wildman–Crippen MR) is 80.0 cm³/mol. The number of rotatable bonds is 2. The number of nitrogen functional groups attached to an aromatic ring is 2. The molecule has 0 unspecified atom stereocenters. The lowest BCUT2D eigenvalue weighted by Crippen LogP contribution is -2.07. The summed E-state index contributed by atoms with van der Waals surface area (Å²) >= 11 is 0. The number of hydrogen-bond acceptors (Lipinski definition) is 5. The lowest BCUT2D eigenvalue weighted by Gasteiger charge is -2.02. The maximum atomic E-state index is 11.0. The molecule has 0 radical (unpaired) electrons. The van der Waals surface area contributed by atoms with Gasteiger partial charge >= 0.3 is 5.97 Å². The summed E-state index contributed by atoms with van der Waals surface area (Å²) < 4.78 is 4.94. The first-order valence-corrected chi connectivity index (χ1v) is 5.88. The maximum Gasteiger partial charge on any atom is 0.338 e. The van der Waals surface area contributed by atoms with Crippen LogP contribution in [0.2, 0.25) is 0 Å². The van der Waals surface area contributed by atoms with Gasteiger partial charge in [0, 0.05) is 29.3 Å². The molecule has 0 saturated heterocycles. The molecule has 0 saturated carbocycles. The molecular weight excluding hydrogens is 254 g/mol. The van der Waals surface area contributed by atoms with Crippen molar-refractivity contribution in [2.45, 2.75) is 6.92 Å². The fourth-order valence-corrected chi connectivity index (χ4v) is 1.09. The van der Waals surface area contributed by atoms with Gasteiger partial charge in [0.15, 0.2) is 0 Å². The van der Waals surface area contributed by atoms with Crippen molar-refractivity contribution in [2.75, 3.05) is 11.5 Å². The average molecular weight is 271 g/mol. The lowest BCUT2D eigenvalue weighted by molar-refractivity contribution is -0.130. The first-order valence-electron chi connectivity index (χ1n) is 5.88. The molecule has 0 bridgehead atoms. The van der Waals surface area contributed by atoms with Crippen LogP contribution in [0.1, 0.15) is 6.92 Å². The summed E-state index contributed by atoms with van der Waals surface area (Å²) in [7, 11) is 0. The van der Waals surface area contributed by atoms with Gasteiger partial charge in [-0.3, -0.25) is 4.98 Å². The van der Waals surface area contributed by atoms with Gasteiger partial charge in [-0.25, -0.2) is 4.79 Å². The molecule has 0 aliphatic heterocycles. The largest absolute Gasteiger partial charge is 0.423 e. The first-order chi connectivity index (χ1) is 9.49. The fraction of sp³-hybridized carbons (Fsp3) is 0.0667. The molecule has 1 heterocycles. The summed E-state index contributed by atoms with van der Waals surface area (Å²) in [6.07, 6.45) is 3.32. The van der Waals surface area contributed by atoms with E-state index >= 15 is 0 Å². The topological polar surface area (TPSA) is 91.2 Å². The minimum Gasteiger partial charge on any atom is -0.423 e. The Morgan fingerprint density at radius 3 is 1.95 bits per heavy atom. The number of aromatic nitrogens is 1. The zero-order chi connectivity index (χ0) is 15.0. The van der Waals surface area contributed by atoms with Gasteiger partial charge in [0.05, 0.1) is 0 Å². The highest BCUT2D eigenvalue weighted by molar-refractivity contribution is 5.88. The Hall–Kier alpha value is -2.82. The number of anilines is 2. The van der Waals surface area contributed by atoms with Crippen LogP contribution in [0.15, 0.2) is 60.9 Å². The second-order valence-corrected chi connectivity index (χ2v) is 4.02. The summed E-state index contributed by atoms with van der Waals surface area (Å²) in [5.41, 5.74) is 12.5. The highest BCUT2D eigenvalue weighted by Crippen LogP contribution is 2.14. The number of benzene rings is 1. The van der Waals surface area contributed by atoms with E-state index in [4.69, 9.17) is 16.2 Å². The van der Waals surface area contributed by atoms with Crippen LogP contribution in [-0.4, -0.2) is 11.0 Å². The monoisotopic (exact) mass is 271 g/mol. The Morgan fingerprint density at radius 1 is 1.05 bits per heavy atom. The van der Waals surface area contributed by atoms with Crippen molar-refractivity contribution in [3.05, 3.63) is 60.9 Å². The number of esters is 1. The zero-order valence-corrected chi connectivity index (χ0v) is 11.2. The SMILES string of the molecule is C=C(C)C(=O)Oc1ccc(N)cc1.Nc1ccncc1. The van der Waals surface area contributed by atoms with E-state index < -0.39 is 5.97 Å². The number of carbonyl (C=O) groups is 1. The highest BCUT2D eigenvalue weighted by atomic mass is 16.5. The van der Waals surface area contributed by atoms with Crippen LogP contribution in [0.3, 0.4) is 0 Å². The Morgan fingerprint density at radius 2 is 1.55 bits per heavy atom. The van der Waals surface area contributed by atoms with Gasteiger partial charge in [-0.2, -0.15) is 0 Å². The van der Waals surface area contributed by atoms with E-state index in [2.05, 4.69) is 11.6 Å². The van der Waals surface area contributed by atoms with Gasteiger partial charge in [-0.15, -0.1) is 0 Å². The summed E-state index contributed by atoms with van der Waals surface area (Å²) in [4.78, 5) is 14.8. The number of carbonyl (C=O) groups excluding carboxylic acids is 1. The predicted octanol–water partition coefficient (Wildman–Crippen LogP) is 2.41. The molecule has 0 fully saturated rings. The molecule has 0 amide bonds. The van der Waals surface area contributed by atoms with E-state index in [1.54, 1.807) is 55.7 Å². The van der Waals surface area contributed by atoms with Crippen LogP contribution in [0.5, 0.6) is 5.75 Å². The van der Waals surface area contributed by atoms with Crippen LogP contribution in [0.25, 0.3) is 0 Å². The first kappa shape index (κ1) is 15.2. The van der Waals surface area contributed by atoms with Crippen molar-refractivity contribution in [3.8, 4) is 5.75 Å². The second kappa shape index (κ2) is 7.58. The minimum absolute atomic E-state index is 0.372. The van der Waals surface area contributed by atoms with E-state index in [9.17, 15) is 4.79 Å². The molecule has 5 nitrogen and oxygen atoms in total. The third-order valence-corrected chi connectivity index (χ3v) is 2.15. The Kier molecular flexibility index (Phi) is 5.77. The van der Waals surface area contributed by atoms with Crippen LogP contribution in [0, 0.1) is 0 Å². The molecule has 2 rings (SSSR count). The maximum absolute atomic E-state index is 11.0.